The van der Waals surface area contributed by atoms with Crippen LogP contribution in [-0.4, -0.2) is 17.1 Å². The molecule has 0 atom stereocenters. The second kappa shape index (κ2) is 12.0. The fraction of sp³-hybridized carbons (Fsp3) is 0.135. The maximum Gasteiger partial charge on any atom is 0.136 e. The van der Waals surface area contributed by atoms with Crippen LogP contribution in [0.5, 0.6) is 5.75 Å². The van der Waals surface area contributed by atoms with Gasteiger partial charge in [-0.3, -0.25) is 4.98 Å². The number of pyridine rings is 1. The van der Waals surface area contributed by atoms with Crippen LogP contribution in [0.4, 0.5) is 17.1 Å². The Morgan fingerprint density at radius 1 is 0.738 bits per heavy atom. The van der Waals surface area contributed by atoms with Crippen LogP contribution in [0.25, 0.3) is 32.8 Å². The number of aromatic hydroxyl groups is 1. The minimum Gasteiger partial charge on any atom is -0.506 e. The maximum atomic E-state index is 9.90. The summed E-state index contributed by atoms with van der Waals surface area (Å²) in [5, 5.41) is 14.7. The number of phenols is 1. The third-order valence-electron chi connectivity index (χ3n) is 7.46. The summed E-state index contributed by atoms with van der Waals surface area (Å²) in [5.41, 5.74) is 6.48. The number of hydrogen-bond donors (Lipinski definition) is 1. The Morgan fingerprint density at radius 3 is 2.10 bits per heavy atom. The summed E-state index contributed by atoms with van der Waals surface area (Å²) >= 11 is 0. The number of para-hydroxylation sites is 4. The third-order valence-corrected chi connectivity index (χ3v) is 7.46. The zero-order valence-corrected chi connectivity index (χ0v) is 26.6. The molecule has 5 heteroatoms. The van der Waals surface area contributed by atoms with Crippen molar-refractivity contribution < 1.29 is 25.2 Å². The normalized spacial score (nSPS) is 12.5. The van der Waals surface area contributed by atoms with E-state index in [0.717, 1.165) is 33.7 Å². The van der Waals surface area contributed by atoms with Crippen molar-refractivity contribution in [2.45, 2.75) is 26.2 Å². The molecule has 0 amide bonds. The Hall–Kier alpha value is -4.18. The number of hydrogen-bond acceptors (Lipinski definition) is 4. The summed E-state index contributed by atoms with van der Waals surface area (Å²) in [7, 11) is 2.00. The Bertz CT molecular complexity index is 1860. The number of phenolic OH excluding ortho intramolecular Hbond substituents is 1. The van der Waals surface area contributed by atoms with Gasteiger partial charge in [0.05, 0.1) is 5.69 Å². The predicted octanol–water partition coefficient (Wildman–Crippen LogP) is 9.25. The maximum absolute atomic E-state index is 9.90. The summed E-state index contributed by atoms with van der Waals surface area (Å²) in [4.78, 5) is 8.71. The number of anilines is 3. The van der Waals surface area contributed by atoms with Crippen molar-refractivity contribution >= 4 is 38.6 Å². The van der Waals surface area contributed by atoms with E-state index >= 15 is 0 Å². The minimum atomic E-state index is 0. The van der Waals surface area contributed by atoms with E-state index in [1.807, 2.05) is 66.1 Å². The van der Waals surface area contributed by atoms with Gasteiger partial charge in [0, 0.05) is 43.4 Å². The third kappa shape index (κ3) is 5.63. The molecule has 0 unspecified atom stereocenters. The molecular formula is C37H33IrN3O-2. The molecule has 0 saturated carbocycles. The van der Waals surface area contributed by atoms with Gasteiger partial charge < -0.3 is 14.9 Å². The number of benzene rings is 5. The molecule has 0 spiro atoms. The van der Waals surface area contributed by atoms with Crippen molar-refractivity contribution in [3.63, 3.8) is 0 Å². The van der Waals surface area contributed by atoms with Gasteiger partial charge >= 0.3 is 0 Å². The topological polar surface area (TPSA) is 39.6 Å². The van der Waals surface area contributed by atoms with Gasteiger partial charge in [-0.15, -0.1) is 35.8 Å². The molecule has 1 N–H and O–H groups in total. The predicted molar refractivity (Wildman–Crippen MR) is 172 cm³/mol. The summed E-state index contributed by atoms with van der Waals surface area (Å²) in [6, 6.07) is 40.3. The first-order chi connectivity index (χ1) is 19.8. The smallest absolute Gasteiger partial charge is 0.136 e. The summed E-state index contributed by atoms with van der Waals surface area (Å²) in [6.45, 7) is 8.75. The quantitative estimate of drug-likeness (QED) is 0.181. The SMILES string of the molecule is CC(C)(C)c1cc(-c2nccc3ccccc23)[c-]c2ccccc12.CN1[CH-]N(c2ccccc2O)c2ccccc21.[Ir]. The summed E-state index contributed by atoms with van der Waals surface area (Å²) in [5.74, 6) is 0.286. The van der Waals surface area contributed by atoms with Crippen LogP contribution in [0.15, 0.2) is 115 Å². The number of rotatable bonds is 2. The largest absolute Gasteiger partial charge is 0.506 e. The first-order valence-electron chi connectivity index (χ1n) is 13.8. The molecule has 0 saturated heterocycles. The van der Waals surface area contributed by atoms with E-state index in [4.69, 9.17) is 0 Å². The van der Waals surface area contributed by atoms with E-state index < -0.39 is 0 Å². The Labute approximate surface area is 261 Å². The molecule has 1 aliphatic heterocycles. The van der Waals surface area contributed by atoms with Gasteiger partial charge in [0.25, 0.3) is 0 Å². The molecule has 0 bridgehead atoms. The average molecular weight is 728 g/mol. The monoisotopic (exact) mass is 728 g/mol. The molecule has 6 aromatic rings. The van der Waals surface area contributed by atoms with Gasteiger partial charge in [-0.1, -0.05) is 98.5 Å². The van der Waals surface area contributed by atoms with Crippen molar-refractivity contribution in [2.24, 2.45) is 0 Å². The van der Waals surface area contributed by atoms with Crippen molar-refractivity contribution in [1.82, 2.24) is 4.98 Å². The van der Waals surface area contributed by atoms with Gasteiger partial charge in [0.15, 0.2) is 0 Å². The molecule has 1 radical (unpaired) electrons. The van der Waals surface area contributed by atoms with Crippen LogP contribution < -0.4 is 9.80 Å². The van der Waals surface area contributed by atoms with Crippen molar-refractivity contribution in [2.75, 3.05) is 16.8 Å². The summed E-state index contributed by atoms with van der Waals surface area (Å²) in [6.07, 6.45) is 1.89. The molecule has 7 rings (SSSR count). The van der Waals surface area contributed by atoms with Crippen LogP contribution in [0.1, 0.15) is 26.3 Å². The van der Waals surface area contributed by atoms with Crippen LogP contribution in [0, 0.1) is 12.7 Å². The molecule has 4 nitrogen and oxygen atoms in total. The fourth-order valence-corrected chi connectivity index (χ4v) is 5.44. The van der Waals surface area contributed by atoms with E-state index in [-0.39, 0.29) is 31.3 Å². The molecule has 2 heterocycles. The van der Waals surface area contributed by atoms with Gasteiger partial charge in [-0.2, -0.15) is 0 Å². The van der Waals surface area contributed by atoms with Gasteiger partial charge in [0.1, 0.15) is 5.75 Å². The fourth-order valence-electron chi connectivity index (χ4n) is 5.44. The van der Waals surface area contributed by atoms with E-state index in [9.17, 15) is 5.11 Å². The molecule has 213 valence electrons. The van der Waals surface area contributed by atoms with Crippen LogP contribution in [-0.2, 0) is 25.5 Å². The van der Waals surface area contributed by atoms with Crippen LogP contribution >= 0.6 is 0 Å². The second-order valence-electron chi connectivity index (χ2n) is 11.3. The first-order valence-corrected chi connectivity index (χ1v) is 13.8. The second-order valence-corrected chi connectivity index (χ2v) is 11.3. The molecular weight excluding hydrogens is 695 g/mol. The van der Waals surface area contributed by atoms with Crippen molar-refractivity contribution in [3.8, 4) is 17.0 Å². The Kier molecular flexibility index (Phi) is 8.36. The standard InChI is InChI=1S/C23H20N.C14H13N2O.Ir/c1-23(2,3)21-15-18(14-17-9-5-6-10-19(17)21)22-20-11-7-4-8-16(20)12-13-24-22;1-15-10-16(12-7-3-2-6-11(12)15)13-8-4-5-9-14(13)17;/h4-13,15H,1-3H3;2-10,17H,1H3;/q2*-1;. The zero-order valence-electron chi connectivity index (χ0n) is 24.2. The molecule has 0 fully saturated rings. The zero-order chi connectivity index (χ0) is 28.6. The number of nitrogens with zero attached hydrogens (tertiary/aromatic N) is 3. The Morgan fingerprint density at radius 2 is 1.36 bits per heavy atom. The molecule has 42 heavy (non-hydrogen) atoms. The van der Waals surface area contributed by atoms with Gasteiger partial charge in [-0.25, -0.2) is 0 Å². The Balaban J connectivity index is 0.000000173. The first kappa shape index (κ1) is 29.3. The van der Waals surface area contributed by atoms with E-state index in [1.54, 1.807) is 6.07 Å². The molecule has 0 aliphatic carbocycles. The van der Waals surface area contributed by atoms with Crippen LogP contribution in [0.3, 0.4) is 0 Å². The minimum absolute atomic E-state index is 0. The summed E-state index contributed by atoms with van der Waals surface area (Å²) < 4.78 is 0. The van der Waals surface area contributed by atoms with Crippen molar-refractivity contribution in [3.05, 3.63) is 134 Å². The van der Waals surface area contributed by atoms with E-state index in [1.165, 1.54) is 21.7 Å². The molecule has 5 aromatic carbocycles. The van der Waals surface area contributed by atoms with Gasteiger partial charge in [-0.05, 0) is 53.6 Å². The van der Waals surface area contributed by atoms with Crippen molar-refractivity contribution in [1.29, 1.82) is 0 Å². The van der Waals surface area contributed by atoms with E-state index in [2.05, 4.69) is 98.6 Å². The number of fused-ring (bicyclic) bond motifs is 3. The van der Waals surface area contributed by atoms with Crippen LogP contribution in [0.2, 0.25) is 0 Å². The van der Waals surface area contributed by atoms with E-state index in [0.29, 0.717) is 0 Å². The molecule has 1 aromatic heterocycles. The molecule has 1 aliphatic rings. The average Bonchev–Trinajstić information content (AvgIpc) is 3.32. The van der Waals surface area contributed by atoms with Gasteiger partial charge in [0.2, 0.25) is 0 Å². The number of aromatic nitrogens is 1.